The van der Waals surface area contributed by atoms with Crippen LogP contribution in [0.3, 0.4) is 0 Å². The van der Waals surface area contributed by atoms with E-state index in [0.717, 1.165) is 22.0 Å². The van der Waals surface area contributed by atoms with Gasteiger partial charge < -0.3 is 19.6 Å². The van der Waals surface area contributed by atoms with Crippen molar-refractivity contribution in [2.24, 2.45) is 0 Å². The Hall–Kier alpha value is -3.35. The van der Waals surface area contributed by atoms with Gasteiger partial charge in [0.2, 0.25) is 0 Å². The van der Waals surface area contributed by atoms with Crippen molar-refractivity contribution in [3.05, 3.63) is 105 Å². The first-order valence-electron chi connectivity index (χ1n) is 10.4. The zero-order valence-corrected chi connectivity index (χ0v) is 18.4. The Morgan fingerprint density at radius 1 is 1.09 bits per heavy atom. The largest absolute Gasteiger partial charge is 0.383 e. The van der Waals surface area contributed by atoms with Gasteiger partial charge in [-0.15, -0.1) is 0 Å². The van der Waals surface area contributed by atoms with Crippen LogP contribution >= 0.6 is 11.6 Å². The van der Waals surface area contributed by atoms with Gasteiger partial charge in [-0.05, 0) is 29.3 Å². The molecular weight excluding hydrogens is 426 g/mol. The number of aromatic nitrogens is 2. The molecule has 7 heteroatoms. The maximum Gasteiger partial charge on any atom is 0.252 e. The normalized spacial score (nSPS) is 12.1. The molecule has 4 aromatic rings. The number of nitrogens with one attached hydrogen (secondary N) is 2. The fourth-order valence-electron chi connectivity index (χ4n) is 3.85. The Kier molecular flexibility index (Phi) is 6.73. The molecule has 6 nitrogen and oxygen atoms in total. The van der Waals surface area contributed by atoms with Gasteiger partial charge >= 0.3 is 0 Å². The predicted octanol–water partition coefficient (Wildman–Crippen LogP) is 4.19. The minimum absolute atomic E-state index is 0.150. The average Bonchev–Trinajstić information content (AvgIpc) is 3.23. The third-order valence-corrected chi connectivity index (χ3v) is 5.87. The number of halogens is 1. The number of rotatable bonds is 8. The first-order chi connectivity index (χ1) is 15.6. The Balaban J connectivity index is 1.62. The molecular formula is C25H24ClN3O3. The van der Waals surface area contributed by atoms with Crippen molar-refractivity contribution in [3.63, 3.8) is 0 Å². The average molecular weight is 450 g/mol. The molecule has 0 fully saturated rings. The molecule has 0 aliphatic heterocycles. The van der Waals surface area contributed by atoms with Gasteiger partial charge in [0, 0.05) is 60.5 Å². The molecule has 0 saturated carbocycles. The SMILES string of the molecule is COCCn1cc(C(=O)NC[C@H](c2ccccc2Cl)c2c[nH]c3ccccc23)ccc1=O. The Bertz CT molecular complexity index is 1290. The molecule has 2 aromatic carbocycles. The molecule has 0 aliphatic rings. The number of hydrogen-bond acceptors (Lipinski definition) is 3. The first-order valence-corrected chi connectivity index (χ1v) is 10.7. The van der Waals surface area contributed by atoms with E-state index in [0.29, 0.717) is 30.3 Å². The van der Waals surface area contributed by atoms with Gasteiger partial charge in [-0.1, -0.05) is 48.0 Å². The van der Waals surface area contributed by atoms with Gasteiger partial charge in [0.25, 0.3) is 11.5 Å². The van der Waals surface area contributed by atoms with E-state index in [2.05, 4.69) is 16.4 Å². The number of amides is 1. The van der Waals surface area contributed by atoms with Crippen LogP contribution in [0.25, 0.3) is 10.9 Å². The summed E-state index contributed by atoms with van der Waals surface area (Å²) in [5.74, 6) is -0.406. The molecule has 0 saturated heterocycles. The molecule has 164 valence electrons. The quantitative estimate of drug-likeness (QED) is 0.423. The molecule has 0 unspecified atom stereocenters. The number of nitrogens with zero attached hydrogens (tertiary/aromatic N) is 1. The number of methoxy groups -OCH3 is 1. The van der Waals surface area contributed by atoms with Crippen LogP contribution in [-0.4, -0.2) is 35.7 Å². The van der Waals surface area contributed by atoms with Gasteiger partial charge in [0.05, 0.1) is 12.2 Å². The van der Waals surface area contributed by atoms with E-state index in [1.54, 1.807) is 13.3 Å². The molecule has 1 amide bonds. The van der Waals surface area contributed by atoms with Gasteiger partial charge in [-0.2, -0.15) is 0 Å². The number of fused-ring (bicyclic) bond motifs is 1. The van der Waals surface area contributed by atoms with Crippen molar-refractivity contribution in [2.45, 2.75) is 12.5 Å². The van der Waals surface area contributed by atoms with Crippen LogP contribution in [-0.2, 0) is 11.3 Å². The lowest BCUT2D eigenvalue weighted by molar-refractivity contribution is 0.0951. The summed E-state index contributed by atoms with van der Waals surface area (Å²) in [5.41, 5.74) is 3.25. The maximum atomic E-state index is 12.9. The molecule has 32 heavy (non-hydrogen) atoms. The first kappa shape index (κ1) is 21.9. The zero-order valence-electron chi connectivity index (χ0n) is 17.7. The minimum atomic E-state index is -0.256. The standard InChI is InChI=1S/C25H24ClN3O3/c1-32-13-12-29-16-17(10-11-24(29)30)25(31)28-15-20(18-6-2-4-8-22(18)26)21-14-27-23-9-5-3-7-19(21)23/h2-11,14,16,20,27H,12-13,15H2,1H3,(H,28,31)/t20-/m1/s1. The molecule has 2 aromatic heterocycles. The fraction of sp³-hybridized carbons (Fsp3) is 0.200. The molecule has 2 N–H and O–H groups in total. The second-order valence-electron chi connectivity index (χ2n) is 7.52. The van der Waals surface area contributed by atoms with E-state index in [1.807, 2.05) is 48.7 Å². The van der Waals surface area contributed by atoms with Gasteiger partial charge in [0.1, 0.15) is 0 Å². The Morgan fingerprint density at radius 3 is 2.69 bits per heavy atom. The van der Waals surface area contributed by atoms with Crippen molar-refractivity contribution in [1.29, 1.82) is 0 Å². The molecule has 2 heterocycles. The van der Waals surface area contributed by atoms with Crippen molar-refractivity contribution in [2.75, 3.05) is 20.3 Å². The van der Waals surface area contributed by atoms with E-state index in [1.165, 1.54) is 16.7 Å². The number of benzene rings is 2. The van der Waals surface area contributed by atoms with Crippen molar-refractivity contribution < 1.29 is 9.53 Å². The summed E-state index contributed by atoms with van der Waals surface area (Å²) in [5, 5.41) is 4.75. The van der Waals surface area contributed by atoms with Crippen molar-refractivity contribution >= 4 is 28.4 Å². The summed E-state index contributed by atoms with van der Waals surface area (Å²) in [7, 11) is 1.57. The number of carbonyl (C=O) groups is 1. The summed E-state index contributed by atoms with van der Waals surface area (Å²) in [6.45, 7) is 1.12. The summed E-state index contributed by atoms with van der Waals surface area (Å²) >= 11 is 6.53. The van der Waals surface area contributed by atoms with Crippen LogP contribution in [0, 0.1) is 0 Å². The number of aromatic amines is 1. The number of ether oxygens (including phenoxy) is 1. The highest BCUT2D eigenvalue weighted by atomic mass is 35.5. The third kappa shape index (κ3) is 4.61. The highest BCUT2D eigenvalue weighted by Gasteiger charge is 2.21. The molecule has 0 radical (unpaired) electrons. The van der Waals surface area contributed by atoms with Crippen LogP contribution in [0.5, 0.6) is 0 Å². The monoisotopic (exact) mass is 449 g/mol. The number of pyridine rings is 1. The van der Waals surface area contributed by atoms with Crippen LogP contribution in [0.2, 0.25) is 5.02 Å². The Morgan fingerprint density at radius 2 is 1.88 bits per heavy atom. The summed E-state index contributed by atoms with van der Waals surface area (Å²) in [4.78, 5) is 28.3. The highest BCUT2D eigenvalue weighted by Crippen LogP contribution is 2.34. The third-order valence-electron chi connectivity index (χ3n) is 5.53. The summed E-state index contributed by atoms with van der Waals surface area (Å²) in [6, 6.07) is 18.6. The van der Waals surface area contributed by atoms with E-state index >= 15 is 0 Å². The van der Waals surface area contributed by atoms with E-state index < -0.39 is 0 Å². The predicted molar refractivity (Wildman–Crippen MR) is 127 cm³/mol. The summed E-state index contributed by atoms with van der Waals surface area (Å²) in [6.07, 6.45) is 3.53. The maximum absolute atomic E-state index is 12.9. The van der Waals surface area contributed by atoms with E-state index in [9.17, 15) is 9.59 Å². The lowest BCUT2D eigenvalue weighted by Crippen LogP contribution is -2.30. The smallest absolute Gasteiger partial charge is 0.252 e. The number of hydrogen-bond donors (Lipinski definition) is 2. The number of carbonyl (C=O) groups excluding carboxylic acids is 1. The Labute approximate surface area is 190 Å². The highest BCUT2D eigenvalue weighted by molar-refractivity contribution is 6.31. The second kappa shape index (κ2) is 9.85. The van der Waals surface area contributed by atoms with Crippen LogP contribution in [0.1, 0.15) is 27.4 Å². The molecule has 4 rings (SSSR count). The van der Waals surface area contributed by atoms with E-state index in [4.69, 9.17) is 16.3 Å². The lowest BCUT2D eigenvalue weighted by Gasteiger charge is -2.19. The molecule has 0 spiro atoms. The molecule has 1 atom stereocenters. The fourth-order valence-corrected chi connectivity index (χ4v) is 4.12. The molecule has 0 bridgehead atoms. The van der Waals surface area contributed by atoms with Gasteiger partial charge in [-0.3, -0.25) is 9.59 Å². The van der Waals surface area contributed by atoms with Gasteiger partial charge in [-0.25, -0.2) is 0 Å². The van der Waals surface area contributed by atoms with Crippen LogP contribution in [0.15, 0.2) is 77.9 Å². The van der Waals surface area contributed by atoms with E-state index in [-0.39, 0.29) is 17.4 Å². The number of para-hydroxylation sites is 1. The topological polar surface area (TPSA) is 76.1 Å². The second-order valence-corrected chi connectivity index (χ2v) is 7.92. The molecule has 0 aliphatic carbocycles. The van der Waals surface area contributed by atoms with Crippen molar-refractivity contribution in [1.82, 2.24) is 14.9 Å². The van der Waals surface area contributed by atoms with Crippen LogP contribution in [0.4, 0.5) is 0 Å². The zero-order chi connectivity index (χ0) is 22.5. The number of H-pyrrole nitrogens is 1. The minimum Gasteiger partial charge on any atom is -0.383 e. The van der Waals surface area contributed by atoms with Crippen molar-refractivity contribution in [3.8, 4) is 0 Å². The lowest BCUT2D eigenvalue weighted by atomic mass is 9.90. The summed E-state index contributed by atoms with van der Waals surface area (Å²) < 4.78 is 6.52. The van der Waals surface area contributed by atoms with Gasteiger partial charge in [0.15, 0.2) is 0 Å². The van der Waals surface area contributed by atoms with Crippen LogP contribution < -0.4 is 10.9 Å².